The number of para-hydroxylation sites is 1. The van der Waals surface area contributed by atoms with Crippen LogP contribution in [0.15, 0.2) is 72.9 Å². The minimum Gasteiger partial charge on any atom is -0.462 e. The summed E-state index contributed by atoms with van der Waals surface area (Å²) in [5.41, 5.74) is 3.13. The molecular formula is C22H21N3O3. The summed E-state index contributed by atoms with van der Waals surface area (Å²) in [6.45, 7) is 2.11. The van der Waals surface area contributed by atoms with E-state index in [0.717, 1.165) is 17.1 Å². The van der Waals surface area contributed by atoms with Crippen LogP contribution < -0.4 is 10.2 Å². The number of hydrogen-bond acceptors (Lipinski definition) is 5. The van der Waals surface area contributed by atoms with Crippen LogP contribution in [0.4, 0.5) is 17.1 Å². The number of esters is 1. The minimum atomic E-state index is -0.352. The van der Waals surface area contributed by atoms with Gasteiger partial charge in [0.1, 0.15) is 5.69 Å². The zero-order valence-electron chi connectivity index (χ0n) is 15.8. The lowest BCUT2D eigenvalue weighted by molar-refractivity contribution is 0.0526. The Hall–Kier alpha value is -3.67. The minimum absolute atomic E-state index is 0.201. The Kier molecular flexibility index (Phi) is 6.01. The third kappa shape index (κ3) is 4.54. The number of anilines is 3. The van der Waals surface area contributed by atoms with Gasteiger partial charge in [0.2, 0.25) is 0 Å². The van der Waals surface area contributed by atoms with Gasteiger partial charge in [0.25, 0.3) is 5.91 Å². The van der Waals surface area contributed by atoms with E-state index in [9.17, 15) is 9.59 Å². The van der Waals surface area contributed by atoms with Gasteiger partial charge < -0.3 is 15.0 Å². The van der Waals surface area contributed by atoms with Crippen molar-refractivity contribution < 1.29 is 14.3 Å². The van der Waals surface area contributed by atoms with Crippen LogP contribution in [-0.2, 0) is 4.74 Å². The van der Waals surface area contributed by atoms with Gasteiger partial charge >= 0.3 is 5.97 Å². The van der Waals surface area contributed by atoms with Crippen LogP contribution in [0.2, 0.25) is 0 Å². The van der Waals surface area contributed by atoms with E-state index >= 15 is 0 Å². The molecular weight excluding hydrogens is 354 g/mol. The molecule has 0 fully saturated rings. The van der Waals surface area contributed by atoms with E-state index in [1.54, 1.807) is 61.5 Å². The Morgan fingerprint density at radius 3 is 2.39 bits per heavy atom. The second kappa shape index (κ2) is 8.81. The number of ether oxygens (including phenoxy) is 1. The highest BCUT2D eigenvalue weighted by molar-refractivity contribution is 6.04. The summed E-state index contributed by atoms with van der Waals surface area (Å²) in [7, 11) is 1.72. The zero-order valence-corrected chi connectivity index (χ0v) is 15.8. The van der Waals surface area contributed by atoms with Crippen LogP contribution >= 0.6 is 0 Å². The molecule has 0 aliphatic carbocycles. The van der Waals surface area contributed by atoms with Crippen molar-refractivity contribution in [3.05, 3.63) is 84.2 Å². The van der Waals surface area contributed by atoms with Crippen molar-refractivity contribution in [2.24, 2.45) is 0 Å². The molecule has 0 aliphatic rings. The number of carbonyl (C=O) groups is 2. The van der Waals surface area contributed by atoms with Crippen molar-refractivity contribution in [1.29, 1.82) is 0 Å². The molecule has 2 aromatic carbocycles. The quantitative estimate of drug-likeness (QED) is 0.651. The van der Waals surface area contributed by atoms with Gasteiger partial charge in [-0.15, -0.1) is 0 Å². The van der Waals surface area contributed by atoms with E-state index < -0.39 is 0 Å². The van der Waals surface area contributed by atoms with Crippen LogP contribution in [0.25, 0.3) is 0 Å². The first-order valence-corrected chi connectivity index (χ1v) is 8.92. The normalized spacial score (nSPS) is 10.2. The molecule has 6 nitrogen and oxygen atoms in total. The highest BCUT2D eigenvalue weighted by Gasteiger charge is 2.15. The maximum atomic E-state index is 12.7. The Balaban J connectivity index is 1.73. The summed E-state index contributed by atoms with van der Waals surface area (Å²) in [6, 6.07) is 19.8. The largest absolute Gasteiger partial charge is 0.462 e. The summed E-state index contributed by atoms with van der Waals surface area (Å²) in [6.07, 6.45) is 1.58. The number of nitrogens with one attached hydrogen (secondary N) is 1. The SMILES string of the molecule is CCOC(=O)c1ccc(Nc2ccnc(C(=O)N(C)c3ccccc3)c2)cc1. The average Bonchev–Trinajstić information content (AvgIpc) is 2.74. The van der Waals surface area contributed by atoms with Crippen LogP contribution in [0.5, 0.6) is 0 Å². The second-order valence-electron chi connectivity index (χ2n) is 6.05. The predicted octanol–water partition coefficient (Wildman–Crippen LogP) is 4.28. The molecule has 0 saturated carbocycles. The monoisotopic (exact) mass is 375 g/mol. The molecule has 0 aliphatic heterocycles. The molecule has 6 heteroatoms. The molecule has 28 heavy (non-hydrogen) atoms. The zero-order chi connectivity index (χ0) is 19.9. The van der Waals surface area contributed by atoms with Crippen LogP contribution in [0, 0.1) is 0 Å². The van der Waals surface area contributed by atoms with E-state index in [1.807, 2.05) is 30.3 Å². The summed E-state index contributed by atoms with van der Waals surface area (Å²) in [5.74, 6) is -0.553. The molecule has 1 amide bonds. The van der Waals surface area contributed by atoms with Crippen molar-refractivity contribution in [3.63, 3.8) is 0 Å². The van der Waals surface area contributed by atoms with Crippen molar-refractivity contribution >= 4 is 28.9 Å². The standard InChI is InChI=1S/C22H21N3O3/c1-3-28-22(27)16-9-11-17(12-10-16)24-18-13-14-23-20(15-18)21(26)25(2)19-7-5-4-6-8-19/h4-15H,3H2,1-2H3,(H,23,24). The lowest BCUT2D eigenvalue weighted by atomic mass is 10.2. The smallest absolute Gasteiger partial charge is 0.338 e. The number of amides is 1. The summed E-state index contributed by atoms with van der Waals surface area (Å²) >= 11 is 0. The Bertz CT molecular complexity index is 956. The van der Waals surface area contributed by atoms with E-state index in [-0.39, 0.29) is 11.9 Å². The molecule has 0 bridgehead atoms. The fourth-order valence-electron chi connectivity index (χ4n) is 2.64. The van der Waals surface area contributed by atoms with Crippen molar-refractivity contribution in [3.8, 4) is 0 Å². The first-order chi connectivity index (χ1) is 13.6. The van der Waals surface area contributed by atoms with E-state index in [2.05, 4.69) is 10.3 Å². The maximum Gasteiger partial charge on any atom is 0.338 e. The van der Waals surface area contributed by atoms with Crippen LogP contribution in [0.3, 0.4) is 0 Å². The number of aromatic nitrogens is 1. The number of carbonyl (C=O) groups excluding carboxylic acids is 2. The Morgan fingerprint density at radius 1 is 1.00 bits per heavy atom. The summed E-state index contributed by atoms with van der Waals surface area (Å²) < 4.78 is 4.98. The van der Waals surface area contributed by atoms with Crippen molar-refractivity contribution in [2.45, 2.75) is 6.92 Å². The number of hydrogen-bond donors (Lipinski definition) is 1. The van der Waals surface area contributed by atoms with E-state index in [1.165, 1.54) is 0 Å². The van der Waals surface area contributed by atoms with Gasteiger partial charge in [0, 0.05) is 30.3 Å². The average molecular weight is 375 g/mol. The number of pyridine rings is 1. The molecule has 0 saturated heterocycles. The van der Waals surface area contributed by atoms with Gasteiger partial charge in [0.15, 0.2) is 0 Å². The van der Waals surface area contributed by atoms with E-state index in [4.69, 9.17) is 4.74 Å². The van der Waals surface area contributed by atoms with Crippen molar-refractivity contribution in [1.82, 2.24) is 4.98 Å². The topological polar surface area (TPSA) is 71.5 Å². The molecule has 3 rings (SSSR count). The number of rotatable bonds is 6. The fraction of sp³-hybridized carbons (Fsp3) is 0.136. The van der Waals surface area contributed by atoms with Gasteiger partial charge in [-0.25, -0.2) is 4.79 Å². The number of nitrogens with zero attached hydrogens (tertiary/aromatic N) is 2. The maximum absolute atomic E-state index is 12.7. The molecule has 1 aromatic heterocycles. The molecule has 0 atom stereocenters. The molecule has 0 unspecified atom stereocenters. The molecule has 142 valence electrons. The fourth-order valence-corrected chi connectivity index (χ4v) is 2.64. The van der Waals surface area contributed by atoms with Gasteiger partial charge in [0.05, 0.1) is 12.2 Å². The van der Waals surface area contributed by atoms with E-state index in [0.29, 0.717) is 17.9 Å². The van der Waals surface area contributed by atoms with Crippen molar-refractivity contribution in [2.75, 3.05) is 23.9 Å². The molecule has 0 radical (unpaired) electrons. The molecule has 1 N–H and O–H groups in total. The lowest BCUT2D eigenvalue weighted by Crippen LogP contribution is -2.27. The van der Waals surface area contributed by atoms with Crippen LogP contribution in [0.1, 0.15) is 27.8 Å². The third-order valence-corrected chi connectivity index (χ3v) is 4.11. The first kappa shape index (κ1) is 19.1. The van der Waals surface area contributed by atoms with Gasteiger partial charge in [-0.3, -0.25) is 9.78 Å². The van der Waals surface area contributed by atoms with Crippen LogP contribution in [-0.4, -0.2) is 30.5 Å². The van der Waals surface area contributed by atoms with Gasteiger partial charge in [-0.2, -0.15) is 0 Å². The molecule has 3 aromatic rings. The third-order valence-electron chi connectivity index (χ3n) is 4.11. The molecule has 0 spiro atoms. The first-order valence-electron chi connectivity index (χ1n) is 8.92. The number of benzene rings is 2. The van der Waals surface area contributed by atoms with Gasteiger partial charge in [-0.1, -0.05) is 18.2 Å². The highest BCUT2D eigenvalue weighted by atomic mass is 16.5. The summed E-state index contributed by atoms with van der Waals surface area (Å²) in [5, 5.41) is 3.21. The highest BCUT2D eigenvalue weighted by Crippen LogP contribution is 2.20. The Morgan fingerprint density at radius 2 is 1.71 bits per heavy atom. The molecule has 1 heterocycles. The predicted molar refractivity (Wildman–Crippen MR) is 109 cm³/mol. The van der Waals surface area contributed by atoms with Gasteiger partial charge in [-0.05, 0) is 55.5 Å². The second-order valence-corrected chi connectivity index (χ2v) is 6.05. The Labute approximate surface area is 163 Å². The summed E-state index contributed by atoms with van der Waals surface area (Å²) in [4.78, 5) is 30.2. The lowest BCUT2D eigenvalue weighted by Gasteiger charge is -2.17.